The van der Waals surface area contributed by atoms with E-state index in [-0.39, 0.29) is 26.1 Å². The van der Waals surface area contributed by atoms with Crippen molar-refractivity contribution in [3.63, 3.8) is 0 Å². The Morgan fingerprint density at radius 2 is 1.13 bits per heavy atom. The van der Waals surface area contributed by atoms with Crippen LogP contribution in [-0.2, 0) is 32.7 Å². The summed E-state index contributed by atoms with van der Waals surface area (Å²) in [7, 11) is 1.41. The molecule has 55 heavy (non-hydrogen) atoms. The minimum atomic E-state index is -4.40. The molecule has 0 saturated heterocycles. The van der Waals surface area contributed by atoms with E-state index in [9.17, 15) is 19.0 Å². The Morgan fingerprint density at radius 3 is 1.75 bits per heavy atom. The van der Waals surface area contributed by atoms with E-state index in [1.54, 1.807) is 0 Å². The number of hydrogen-bond acceptors (Lipinski definition) is 7. The molecule has 0 aliphatic heterocycles. The first-order valence-corrected chi connectivity index (χ1v) is 22.4. The molecule has 0 aromatic heterocycles. The van der Waals surface area contributed by atoms with Crippen LogP contribution in [0.4, 0.5) is 0 Å². The highest BCUT2D eigenvalue weighted by molar-refractivity contribution is 7.47. The molecule has 0 aromatic rings. The third-order valence-electron chi connectivity index (χ3n) is 8.27. The number of carbonyl (C=O) groups is 2. The molecule has 0 aliphatic rings. The molecular formula is C45H77NO8P+. The summed E-state index contributed by atoms with van der Waals surface area (Å²) >= 11 is 0. The molecule has 2 atom stereocenters. The number of hydrogen-bond donors (Lipinski definition) is 1. The first-order valence-electron chi connectivity index (χ1n) is 20.9. The maximum atomic E-state index is 12.6. The number of likely N-dealkylation sites (N-methyl/N-ethyl adjacent to an activating group) is 1. The monoisotopic (exact) mass is 791 g/mol. The highest BCUT2D eigenvalue weighted by atomic mass is 31.2. The van der Waals surface area contributed by atoms with Gasteiger partial charge in [0.2, 0.25) is 0 Å². The molecule has 0 radical (unpaired) electrons. The van der Waals surface area contributed by atoms with Crippen molar-refractivity contribution in [2.45, 2.75) is 142 Å². The van der Waals surface area contributed by atoms with Crippen molar-refractivity contribution < 1.29 is 42.1 Å². The number of carbonyl (C=O) groups excluding carboxylic acids is 2. The Kier molecular flexibility index (Phi) is 34.9. The van der Waals surface area contributed by atoms with Gasteiger partial charge in [0.1, 0.15) is 19.8 Å². The predicted molar refractivity (Wildman–Crippen MR) is 229 cm³/mol. The lowest BCUT2D eigenvalue weighted by Gasteiger charge is -2.24. The van der Waals surface area contributed by atoms with Crippen molar-refractivity contribution in [1.82, 2.24) is 0 Å². The Bertz CT molecular complexity index is 1210. The van der Waals surface area contributed by atoms with Crippen molar-refractivity contribution in [2.75, 3.05) is 47.5 Å². The number of nitrogens with zero attached hydrogens (tertiary/aromatic N) is 1. The summed E-state index contributed by atoms with van der Waals surface area (Å²) < 4.78 is 34.1. The lowest BCUT2D eigenvalue weighted by Crippen LogP contribution is -2.37. The van der Waals surface area contributed by atoms with E-state index >= 15 is 0 Å². The second-order valence-corrected chi connectivity index (χ2v) is 16.2. The van der Waals surface area contributed by atoms with Crippen LogP contribution in [-0.4, -0.2) is 74.9 Å². The summed E-state index contributed by atoms with van der Waals surface area (Å²) in [6.45, 7) is 4.19. The van der Waals surface area contributed by atoms with Gasteiger partial charge in [0.25, 0.3) is 0 Å². The maximum absolute atomic E-state index is 12.6. The predicted octanol–water partition coefficient (Wildman–Crippen LogP) is 11.6. The second-order valence-electron chi connectivity index (χ2n) is 14.8. The molecule has 0 aliphatic carbocycles. The minimum Gasteiger partial charge on any atom is -0.462 e. The van der Waals surface area contributed by atoms with Crippen molar-refractivity contribution >= 4 is 19.8 Å². The van der Waals surface area contributed by atoms with Crippen molar-refractivity contribution in [2.24, 2.45) is 0 Å². The number of rotatable bonds is 36. The topological polar surface area (TPSA) is 108 Å². The van der Waals surface area contributed by atoms with Gasteiger partial charge in [0, 0.05) is 12.8 Å². The third kappa shape index (κ3) is 40.7. The summed E-state index contributed by atoms with van der Waals surface area (Å²) in [4.78, 5) is 35.2. The van der Waals surface area contributed by atoms with Crippen LogP contribution in [0.2, 0.25) is 0 Å². The third-order valence-corrected chi connectivity index (χ3v) is 9.25. The fourth-order valence-corrected chi connectivity index (χ4v) is 5.72. The lowest BCUT2D eigenvalue weighted by molar-refractivity contribution is -0.870. The molecule has 1 N–H and O–H groups in total. The van der Waals surface area contributed by atoms with Gasteiger partial charge in [-0.25, -0.2) is 4.57 Å². The highest BCUT2D eigenvalue weighted by Crippen LogP contribution is 2.43. The van der Waals surface area contributed by atoms with Gasteiger partial charge in [-0.2, -0.15) is 0 Å². The van der Waals surface area contributed by atoms with Gasteiger partial charge in [0.05, 0.1) is 27.7 Å². The van der Waals surface area contributed by atoms with Crippen LogP contribution in [0.25, 0.3) is 0 Å². The molecule has 0 bridgehead atoms. The highest BCUT2D eigenvalue weighted by Gasteiger charge is 2.27. The largest absolute Gasteiger partial charge is 0.472 e. The number of quaternary nitrogens is 1. The molecule has 2 unspecified atom stereocenters. The number of ether oxygens (including phenoxy) is 2. The zero-order valence-electron chi connectivity index (χ0n) is 35.1. The summed E-state index contributed by atoms with van der Waals surface area (Å²) in [6.07, 6.45) is 46.4. The number of unbranched alkanes of at least 4 members (excludes halogenated alkanes) is 12. The number of phosphoric ester groups is 1. The molecule has 0 saturated carbocycles. The Hall–Kier alpha value is -2.81. The molecule has 0 amide bonds. The molecule has 0 spiro atoms. The summed E-state index contributed by atoms with van der Waals surface area (Å²) in [5.74, 6) is -0.916. The van der Waals surface area contributed by atoms with Crippen LogP contribution in [0.1, 0.15) is 136 Å². The smallest absolute Gasteiger partial charge is 0.462 e. The Balaban J connectivity index is 4.53. The number of esters is 2. The van der Waals surface area contributed by atoms with E-state index in [1.807, 2.05) is 69.8 Å². The molecule has 0 heterocycles. The Morgan fingerprint density at radius 1 is 0.582 bits per heavy atom. The van der Waals surface area contributed by atoms with Crippen LogP contribution in [0.15, 0.2) is 85.1 Å². The van der Waals surface area contributed by atoms with Gasteiger partial charge in [-0.15, -0.1) is 0 Å². The van der Waals surface area contributed by atoms with Crippen molar-refractivity contribution in [1.29, 1.82) is 0 Å². The summed E-state index contributed by atoms with van der Waals surface area (Å²) in [5, 5.41) is 0. The van der Waals surface area contributed by atoms with E-state index in [0.29, 0.717) is 23.9 Å². The molecule has 314 valence electrons. The lowest BCUT2D eigenvalue weighted by atomic mass is 10.1. The fraction of sp³-hybridized carbons (Fsp3) is 0.644. The zero-order chi connectivity index (χ0) is 40.7. The average molecular weight is 791 g/mol. The van der Waals surface area contributed by atoms with E-state index in [1.165, 1.54) is 44.9 Å². The van der Waals surface area contributed by atoms with Gasteiger partial charge >= 0.3 is 19.8 Å². The van der Waals surface area contributed by atoms with Crippen LogP contribution >= 0.6 is 7.82 Å². The molecule has 0 fully saturated rings. The number of allylic oxidation sites excluding steroid dienone is 14. The molecular weight excluding hydrogens is 713 g/mol. The minimum absolute atomic E-state index is 0.0131. The van der Waals surface area contributed by atoms with E-state index < -0.39 is 32.5 Å². The van der Waals surface area contributed by atoms with Crippen molar-refractivity contribution in [3.05, 3.63) is 85.1 Å². The molecule has 9 nitrogen and oxygen atoms in total. The number of phosphoric acid groups is 1. The molecule has 10 heteroatoms. The summed E-state index contributed by atoms with van der Waals surface area (Å²) in [6, 6.07) is 0. The maximum Gasteiger partial charge on any atom is 0.472 e. The van der Waals surface area contributed by atoms with Gasteiger partial charge in [-0.3, -0.25) is 18.6 Å². The van der Waals surface area contributed by atoms with E-state index in [0.717, 1.165) is 51.4 Å². The van der Waals surface area contributed by atoms with Gasteiger partial charge < -0.3 is 18.9 Å². The summed E-state index contributed by atoms with van der Waals surface area (Å²) in [5.41, 5.74) is 0. The SMILES string of the molecule is CCC/C=C/C=C/C=C/C=C/C=C/CCCCCCCC(=O)OCC(COP(=O)(O)OCC[N+](C)(C)C)OC(=O)CC/C=C/C/C=C/CCCCCCCC. The van der Waals surface area contributed by atoms with Gasteiger partial charge in [-0.05, 0) is 51.4 Å². The van der Waals surface area contributed by atoms with Gasteiger partial charge in [0.15, 0.2) is 6.10 Å². The van der Waals surface area contributed by atoms with Gasteiger partial charge in [-0.1, -0.05) is 157 Å². The first-order chi connectivity index (χ1) is 26.5. The first kappa shape index (κ1) is 52.2. The van der Waals surface area contributed by atoms with Crippen LogP contribution in [0, 0.1) is 0 Å². The fourth-order valence-electron chi connectivity index (χ4n) is 4.98. The van der Waals surface area contributed by atoms with Crippen LogP contribution < -0.4 is 0 Å². The zero-order valence-corrected chi connectivity index (χ0v) is 36.0. The second kappa shape index (κ2) is 36.8. The normalized spacial score (nSPS) is 14.5. The van der Waals surface area contributed by atoms with E-state index in [4.69, 9.17) is 18.5 Å². The quantitative estimate of drug-likeness (QED) is 0.0167. The van der Waals surface area contributed by atoms with E-state index in [2.05, 4.69) is 50.3 Å². The Labute approximate surface area is 335 Å². The standard InChI is InChI=1S/C45H76NO8P/c1-6-8-10-12-14-16-18-20-21-22-23-24-26-27-29-31-33-35-37-44(47)51-41-43(42-53-55(49,50)52-40-39-46(3,4)5)54-45(48)38-36-34-32-30-28-25-19-17-15-13-11-9-7-2/h10,12,14,16,18,20-25,28,32,34,43H,6-9,11,13,15,17,19,26-27,29-31,33,35-42H2,1-5H3/p+1/b12-10+,16-14+,20-18+,22-21+,24-23+,28-25+,34-32+. The average Bonchev–Trinajstić information content (AvgIpc) is 3.13. The molecule has 0 rings (SSSR count). The molecule has 0 aromatic carbocycles. The van der Waals surface area contributed by atoms with Crippen LogP contribution in [0.3, 0.4) is 0 Å². The van der Waals surface area contributed by atoms with Crippen molar-refractivity contribution in [3.8, 4) is 0 Å². The van der Waals surface area contributed by atoms with Crippen LogP contribution in [0.5, 0.6) is 0 Å².